The standard InChI is InChI=1S/C15H11F3O/c1-9-6-14(18)11(8-13(9)17)15(19)7-10-4-2-3-5-12(10)16/h2-6,8H,7H2,1H3. The maximum atomic E-state index is 13.6. The minimum absolute atomic E-state index is 0.125. The Balaban J connectivity index is 2.31. The Labute approximate surface area is 108 Å². The number of benzene rings is 2. The predicted molar refractivity (Wildman–Crippen MR) is 65.5 cm³/mol. The molecule has 0 aliphatic rings. The van der Waals surface area contributed by atoms with Gasteiger partial charge in [-0.1, -0.05) is 18.2 Å². The van der Waals surface area contributed by atoms with E-state index in [9.17, 15) is 18.0 Å². The predicted octanol–water partition coefficient (Wildman–Crippen LogP) is 3.84. The number of rotatable bonds is 3. The lowest BCUT2D eigenvalue weighted by Gasteiger charge is -2.06. The number of ketones is 1. The van der Waals surface area contributed by atoms with Crippen molar-refractivity contribution in [1.29, 1.82) is 0 Å². The van der Waals surface area contributed by atoms with Crippen LogP contribution < -0.4 is 0 Å². The highest BCUT2D eigenvalue weighted by molar-refractivity contribution is 5.97. The summed E-state index contributed by atoms with van der Waals surface area (Å²) in [5, 5.41) is 0. The topological polar surface area (TPSA) is 17.1 Å². The van der Waals surface area contributed by atoms with Crippen LogP contribution in [0.15, 0.2) is 36.4 Å². The number of Topliss-reactive ketones (excluding diaryl/α,β-unsaturated/α-hetero) is 1. The molecule has 0 aromatic heterocycles. The number of carbonyl (C=O) groups excluding carboxylic acids is 1. The molecule has 0 radical (unpaired) electrons. The van der Waals surface area contributed by atoms with Gasteiger partial charge in [0.05, 0.1) is 5.56 Å². The Morgan fingerprint density at radius 3 is 2.37 bits per heavy atom. The Morgan fingerprint density at radius 2 is 1.68 bits per heavy atom. The molecule has 0 saturated heterocycles. The van der Waals surface area contributed by atoms with E-state index in [0.717, 1.165) is 12.1 Å². The van der Waals surface area contributed by atoms with Crippen molar-refractivity contribution in [3.63, 3.8) is 0 Å². The molecule has 1 nitrogen and oxygen atoms in total. The first-order valence-electron chi connectivity index (χ1n) is 5.71. The fourth-order valence-corrected chi connectivity index (χ4v) is 1.77. The monoisotopic (exact) mass is 264 g/mol. The van der Waals surface area contributed by atoms with Crippen LogP contribution in [-0.2, 0) is 6.42 Å². The third-order valence-corrected chi connectivity index (χ3v) is 2.86. The zero-order valence-corrected chi connectivity index (χ0v) is 10.2. The van der Waals surface area contributed by atoms with Gasteiger partial charge in [-0.05, 0) is 36.2 Å². The molecule has 2 aromatic carbocycles. The minimum Gasteiger partial charge on any atom is -0.294 e. The fourth-order valence-electron chi connectivity index (χ4n) is 1.77. The van der Waals surface area contributed by atoms with Gasteiger partial charge < -0.3 is 0 Å². The molecule has 0 saturated carbocycles. The summed E-state index contributed by atoms with van der Waals surface area (Å²) in [6.07, 6.45) is -0.300. The minimum atomic E-state index is -0.791. The SMILES string of the molecule is Cc1cc(F)c(C(=O)Cc2ccccc2F)cc1F. The number of halogens is 3. The molecule has 0 N–H and O–H groups in total. The van der Waals surface area contributed by atoms with Crippen molar-refractivity contribution < 1.29 is 18.0 Å². The third-order valence-electron chi connectivity index (χ3n) is 2.86. The largest absolute Gasteiger partial charge is 0.294 e. The van der Waals surface area contributed by atoms with Gasteiger partial charge in [0.15, 0.2) is 5.78 Å². The second-order valence-corrected chi connectivity index (χ2v) is 4.27. The van der Waals surface area contributed by atoms with E-state index in [-0.39, 0.29) is 23.1 Å². The van der Waals surface area contributed by atoms with Crippen molar-refractivity contribution in [3.05, 3.63) is 70.5 Å². The molecule has 0 fully saturated rings. The first-order valence-corrected chi connectivity index (χ1v) is 5.71. The summed E-state index contributed by atoms with van der Waals surface area (Å²) in [5.74, 6) is -2.64. The van der Waals surface area contributed by atoms with E-state index in [2.05, 4.69) is 0 Å². The van der Waals surface area contributed by atoms with Gasteiger partial charge in [-0.15, -0.1) is 0 Å². The fraction of sp³-hybridized carbons (Fsp3) is 0.133. The highest BCUT2D eigenvalue weighted by atomic mass is 19.1. The van der Waals surface area contributed by atoms with E-state index in [1.165, 1.54) is 25.1 Å². The summed E-state index contributed by atoms with van der Waals surface area (Å²) in [4.78, 5) is 11.9. The molecule has 19 heavy (non-hydrogen) atoms. The third kappa shape index (κ3) is 2.84. The lowest BCUT2D eigenvalue weighted by Crippen LogP contribution is -2.08. The van der Waals surface area contributed by atoms with Crippen LogP contribution in [0.5, 0.6) is 0 Å². The Kier molecular flexibility index (Phi) is 3.69. The lowest BCUT2D eigenvalue weighted by atomic mass is 10.0. The summed E-state index contributed by atoms with van der Waals surface area (Å²) in [7, 11) is 0. The van der Waals surface area contributed by atoms with Crippen LogP contribution in [-0.4, -0.2) is 5.78 Å². The molecule has 2 rings (SSSR count). The summed E-state index contributed by atoms with van der Waals surface area (Å²) in [5.41, 5.74) is -0.0702. The van der Waals surface area contributed by atoms with Gasteiger partial charge >= 0.3 is 0 Å². The Bertz CT molecular complexity index is 635. The summed E-state index contributed by atoms with van der Waals surface area (Å²) >= 11 is 0. The maximum absolute atomic E-state index is 13.6. The summed E-state index contributed by atoms with van der Waals surface area (Å²) < 4.78 is 40.3. The smallest absolute Gasteiger partial charge is 0.170 e. The van der Waals surface area contributed by atoms with Crippen molar-refractivity contribution in [2.45, 2.75) is 13.3 Å². The molecule has 0 aliphatic carbocycles. The van der Waals surface area contributed by atoms with Crippen LogP contribution in [0, 0.1) is 24.4 Å². The molecule has 0 amide bonds. The molecule has 2 aromatic rings. The molecular formula is C15H11F3O. The van der Waals surface area contributed by atoms with Crippen LogP contribution in [0.2, 0.25) is 0 Å². The number of hydrogen-bond acceptors (Lipinski definition) is 1. The molecule has 0 unspecified atom stereocenters. The summed E-state index contributed by atoms with van der Waals surface area (Å²) in [6, 6.07) is 7.55. The molecule has 4 heteroatoms. The quantitative estimate of drug-likeness (QED) is 0.770. The lowest BCUT2D eigenvalue weighted by molar-refractivity contribution is 0.0987. The van der Waals surface area contributed by atoms with E-state index in [1.807, 2.05) is 0 Å². The Morgan fingerprint density at radius 1 is 1.00 bits per heavy atom. The number of carbonyl (C=O) groups is 1. The first-order chi connectivity index (χ1) is 8.99. The number of aryl methyl sites for hydroxylation is 1. The highest BCUT2D eigenvalue weighted by Crippen LogP contribution is 2.17. The van der Waals surface area contributed by atoms with Crippen LogP contribution in [0.1, 0.15) is 21.5 Å². The zero-order chi connectivity index (χ0) is 14.0. The van der Waals surface area contributed by atoms with Crippen molar-refractivity contribution in [2.75, 3.05) is 0 Å². The van der Waals surface area contributed by atoms with Crippen LogP contribution >= 0.6 is 0 Å². The van der Waals surface area contributed by atoms with Crippen LogP contribution in [0.4, 0.5) is 13.2 Å². The molecule has 98 valence electrons. The molecule has 0 atom stereocenters. The van der Waals surface area contributed by atoms with Crippen molar-refractivity contribution in [1.82, 2.24) is 0 Å². The van der Waals surface area contributed by atoms with Crippen molar-refractivity contribution in [2.24, 2.45) is 0 Å². The van der Waals surface area contributed by atoms with Gasteiger partial charge in [0, 0.05) is 6.42 Å². The van der Waals surface area contributed by atoms with Crippen molar-refractivity contribution in [3.8, 4) is 0 Å². The highest BCUT2D eigenvalue weighted by Gasteiger charge is 2.16. The zero-order valence-electron chi connectivity index (χ0n) is 10.2. The van der Waals surface area contributed by atoms with E-state index in [0.29, 0.717) is 0 Å². The van der Waals surface area contributed by atoms with Gasteiger partial charge in [0.2, 0.25) is 0 Å². The van der Waals surface area contributed by atoms with Crippen LogP contribution in [0.25, 0.3) is 0 Å². The molecule has 0 bridgehead atoms. The summed E-state index contributed by atoms with van der Waals surface area (Å²) in [6.45, 7) is 1.41. The second-order valence-electron chi connectivity index (χ2n) is 4.27. The van der Waals surface area contributed by atoms with Crippen molar-refractivity contribution >= 4 is 5.78 Å². The second kappa shape index (κ2) is 5.26. The first kappa shape index (κ1) is 13.3. The molecule has 0 heterocycles. The average Bonchev–Trinajstić information content (AvgIpc) is 2.36. The maximum Gasteiger partial charge on any atom is 0.170 e. The van der Waals surface area contributed by atoms with Gasteiger partial charge in [-0.2, -0.15) is 0 Å². The van der Waals surface area contributed by atoms with Gasteiger partial charge in [-0.3, -0.25) is 4.79 Å². The molecule has 0 aliphatic heterocycles. The molecular weight excluding hydrogens is 253 g/mol. The van der Waals surface area contributed by atoms with Gasteiger partial charge in [0.25, 0.3) is 0 Å². The van der Waals surface area contributed by atoms with E-state index < -0.39 is 23.2 Å². The van der Waals surface area contributed by atoms with E-state index >= 15 is 0 Å². The van der Waals surface area contributed by atoms with Gasteiger partial charge in [-0.25, -0.2) is 13.2 Å². The normalized spacial score (nSPS) is 10.5. The van der Waals surface area contributed by atoms with Crippen LogP contribution in [0.3, 0.4) is 0 Å². The van der Waals surface area contributed by atoms with E-state index in [4.69, 9.17) is 0 Å². The average molecular weight is 264 g/mol. The van der Waals surface area contributed by atoms with Gasteiger partial charge in [0.1, 0.15) is 17.5 Å². The Hall–Kier alpha value is -2.10. The van der Waals surface area contributed by atoms with E-state index in [1.54, 1.807) is 6.07 Å². The number of hydrogen-bond donors (Lipinski definition) is 0. The molecule has 0 spiro atoms.